The Balaban J connectivity index is 0. The molecule has 2 aromatic rings. The van der Waals surface area contributed by atoms with Crippen molar-refractivity contribution in [3.05, 3.63) is 53.3 Å². The minimum atomic E-state index is -0.299. The van der Waals surface area contributed by atoms with E-state index in [2.05, 4.69) is 5.10 Å². The second-order valence-electron chi connectivity index (χ2n) is 4.85. The molecule has 1 radical (unpaired) electrons. The molecule has 25 heavy (non-hydrogen) atoms. The Bertz CT molecular complexity index is 700. The van der Waals surface area contributed by atoms with Gasteiger partial charge in [0.15, 0.2) is 5.75 Å². The van der Waals surface area contributed by atoms with Gasteiger partial charge in [0, 0.05) is 39.3 Å². The summed E-state index contributed by atoms with van der Waals surface area (Å²) in [6.07, 6.45) is 0. The van der Waals surface area contributed by atoms with Crippen molar-refractivity contribution in [1.29, 1.82) is 0 Å². The van der Waals surface area contributed by atoms with Gasteiger partial charge in [-0.3, -0.25) is 4.79 Å². The van der Waals surface area contributed by atoms with Crippen LogP contribution in [-0.4, -0.2) is 28.1 Å². The SMILES string of the molecule is CC.CCOCCn1nc(C)c(O)c(-c2ccccc2C)c1=O.[CH3-].[Y]. The molecular weight excluding hydrogens is 393 g/mol. The van der Waals surface area contributed by atoms with Gasteiger partial charge >= 0.3 is 0 Å². The van der Waals surface area contributed by atoms with Gasteiger partial charge < -0.3 is 17.3 Å². The molecule has 0 atom stereocenters. The predicted molar refractivity (Wildman–Crippen MR) is 99.3 cm³/mol. The topological polar surface area (TPSA) is 64.3 Å². The minimum absolute atomic E-state index is 0. The molecular formula is C19H29N2O3Y-. The normalized spacial score (nSPS) is 9.32. The van der Waals surface area contributed by atoms with E-state index in [1.807, 2.05) is 52.0 Å². The van der Waals surface area contributed by atoms with Crippen LogP contribution in [0.25, 0.3) is 11.1 Å². The molecule has 0 saturated heterocycles. The summed E-state index contributed by atoms with van der Waals surface area (Å²) in [7, 11) is 0. The molecule has 6 heteroatoms. The fourth-order valence-corrected chi connectivity index (χ4v) is 2.23. The van der Waals surface area contributed by atoms with Crippen LogP contribution in [0, 0.1) is 21.3 Å². The molecule has 0 amide bonds. The molecule has 1 heterocycles. The maximum absolute atomic E-state index is 12.6. The van der Waals surface area contributed by atoms with Crippen molar-refractivity contribution in [3.8, 4) is 16.9 Å². The zero-order valence-corrected chi connectivity index (χ0v) is 19.0. The van der Waals surface area contributed by atoms with Crippen molar-refractivity contribution in [3.63, 3.8) is 0 Å². The van der Waals surface area contributed by atoms with E-state index in [1.165, 1.54) is 4.68 Å². The summed E-state index contributed by atoms with van der Waals surface area (Å²) < 4.78 is 6.62. The number of hydrogen-bond acceptors (Lipinski definition) is 4. The monoisotopic (exact) mass is 422 g/mol. The van der Waals surface area contributed by atoms with Crippen LogP contribution in [0.3, 0.4) is 0 Å². The summed E-state index contributed by atoms with van der Waals surface area (Å²) in [6.45, 7) is 10.9. The average Bonchev–Trinajstić information content (AvgIpc) is 2.56. The Labute approximate surface area is 176 Å². The maximum atomic E-state index is 12.6. The van der Waals surface area contributed by atoms with Crippen LogP contribution in [0.15, 0.2) is 29.1 Å². The van der Waals surface area contributed by atoms with Crippen LogP contribution in [0.4, 0.5) is 0 Å². The quantitative estimate of drug-likeness (QED) is 0.589. The molecule has 2 rings (SSSR count). The van der Waals surface area contributed by atoms with E-state index in [0.29, 0.717) is 31.0 Å². The largest absolute Gasteiger partial charge is 0.505 e. The van der Waals surface area contributed by atoms with Crippen LogP contribution in [-0.2, 0) is 44.0 Å². The molecule has 0 spiro atoms. The summed E-state index contributed by atoms with van der Waals surface area (Å²) in [5.74, 6) is -0.0537. The van der Waals surface area contributed by atoms with Gasteiger partial charge in [-0.15, -0.1) is 0 Å². The zero-order valence-electron chi connectivity index (χ0n) is 16.2. The standard InChI is InChI=1S/C16H20N2O3.C2H6.CH3.Y/c1-4-21-10-9-18-16(20)14(15(19)12(3)17-18)13-8-6-5-7-11(13)2;1-2;;/h5-8,19H,4,9-10H2,1-3H3;1-2H3;1H3;/q;;-1;. The van der Waals surface area contributed by atoms with Crippen LogP contribution < -0.4 is 5.56 Å². The van der Waals surface area contributed by atoms with Gasteiger partial charge in [-0.25, -0.2) is 4.68 Å². The summed E-state index contributed by atoms with van der Waals surface area (Å²) in [6, 6.07) is 7.49. The number of hydrogen-bond donors (Lipinski definition) is 1. The number of aromatic hydroxyl groups is 1. The first kappa shape index (κ1) is 26.2. The van der Waals surface area contributed by atoms with Gasteiger partial charge in [0.05, 0.1) is 18.7 Å². The third-order valence-electron chi connectivity index (χ3n) is 3.36. The molecule has 1 aromatic heterocycles. The number of aromatic nitrogens is 2. The van der Waals surface area contributed by atoms with E-state index in [1.54, 1.807) is 6.92 Å². The molecule has 1 N–H and O–H groups in total. The zero-order chi connectivity index (χ0) is 17.4. The van der Waals surface area contributed by atoms with Crippen molar-refractivity contribution in [2.45, 2.75) is 41.2 Å². The molecule has 0 aliphatic carbocycles. The summed E-state index contributed by atoms with van der Waals surface area (Å²) in [5.41, 5.74) is 2.11. The second-order valence-corrected chi connectivity index (χ2v) is 4.85. The van der Waals surface area contributed by atoms with Crippen LogP contribution >= 0.6 is 0 Å². The first-order valence-electron chi connectivity index (χ1n) is 8.00. The van der Waals surface area contributed by atoms with Gasteiger partial charge in [0.25, 0.3) is 5.56 Å². The molecule has 0 saturated carbocycles. The predicted octanol–water partition coefficient (Wildman–Crippen LogP) is 3.74. The molecule has 0 bridgehead atoms. The van der Waals surface area contributed by atoms with Crippen molar-refractivity contribution < 1.29 is 42.6 Å². The van der Waals surface area contributed by atoms with E-state index in [0.717, 1.165) is 11.1 Å². The first-order valence-corrected chi connectivity index (χ1v) is 8.00. The molecule has 0 unspecified atom stereocenters. The van der Waals surface area contributed by atoms with Gasteiger partial charge in [-0.1, -0.05) is 38.1 Å². The van der Waals surface area contributed by atoms with E-state index >= 15 is 0 Å². The fraction of sp³-hybridized carbons (Fsp3) is 0.421. The van der Waals surface area contributed by atoms with Crippen LogP contribution in [0.5, 0.6) is 5.75 Å². The third-order valence-corrected chi connectivity index (χ3v) is 3.36. The third kappa shape index (κ3) is 6.65. The molecule has 0 fully saturated rings. The number of ether oxygens (including phenoxy) is 1. The number of aryl methyl sites for hydroxylation is 2. The van der Waals surface area contributed by atoms with Crippen molar-refractivity contribution in [2.24, 2.45) is 0 Å². The van der Waals surface area contributed by atoms with Crippen LogP contribution in [0.2, 0.25) is 0 Å². The number of rotatable bonds is 5. The molecule has 5 nitrogen and oxygen atoms in total. The summed E-state index contributed by atoms with van der Waals surface area (Å²) in [5, 5.41) is 14.4. The average molecular weight is 422 g/mol. The maximum Gasteiger partial charge on any atom is 0.278 e. The Hall–Kier alpha value is -1.04. The summed E-state index contributed by atoms with van der Waals surface area (Å²) >= 11 is 0. The van der Waals surface area contributed by atoms with E-state index in [-0.39, 0.29) is 51.4 Å². The van der Waals surface area contributed by atoms with Crippen molar-refractivity contribution in [1.82, 2.24) is 9.78 Å². The van der Waals surface area contributed by atoms with Gasteiger partial charge in [0.1, 0.15) is 5.69 Å². The minimum Gasteiger partial charge on any atom is -0.505 e. The van der Waals surface area contributed by atoms with Crippen LogP contribution in [0.1, 0.15) is 32.0 Å². The number of benzene rings is 1. The summed E-state index contributed by atoms with van der Waals surface area (Å²) in [4.78, 5) is 12.6. The van der Waals surface area contributed by atoms with E-state index in [9.17, 15) is 9.90 Å². The van der Waals surface area contributed by atoms with E-state index < -0.39 is 0 Å². The Morgan fingerprint density at radius 1 is 1.20 bits per heavy atom. The molecule has 1 aromatic carbocycles. The van der Waals surface area contributed by atoms with Gasteiger partial charge in [-0.2, -0.15) is 5.10 Å². The Kier molecular flexibility index (Phi) is 13.8. The fourth-order valence-electron chi connectivity index (χ4n) is 2.23. The first-order chi connectivity index (χ1) is 11.1. The van der Waals surface area contributed by atoms with E-state index in [4.69, 9.17) is 4.74 Å². The Morgan fingerprint density at radius 3 is 2.36 bits per heavy atom. The van der Waals surface area contributed by atoms with Gasteiger partial charge in [-0.05, 0) is 31.9 Å². The number of nitrogens with zero attached hydrogens (tertiary/aromatic N) is 2. The van der Waals surface area contributed by atoms with Crippen molar-refractivity contribution >= 4 is 0 Å². The van der Waals surface area contributed by atoms with Crippen molar-refractivity contribution in [2.75, 3.05) is 13.2 Å². The molecule has 0 aliphatic rings. The molecule has 137 valence electrons. The Morgan fingerprint density at radius 2 is 1.80 bits per heavy atom. The second kappa shape index (κ2) is 13.2. The molecule has 0 aliphatic heterocycles. The van der Waals surface area contributed by atoms with Gasteiger partial charge in [0.2, 0.25) is 0 Å². The smallest absolute Gasteiger partial charge is 0.278 e.